The lowest BCUT2D eigenvalue weighted by Crippen LogP contribution is -2.62. The number of ether oxygens (including phenoxy) is 1. The molecule has 0 radical (unpaired) electrons. The van der Waals surface area contributed by atoms with Gasteiger partial charge in [0.15, 0.2) is 0 Å². The number of hydrogen-bond donors (Lipinski definition) is 5. The van der Waals surface area contributed by atoms with Crippen LogP contribution in [0.15, 0.2) is 36.4 Å². The van der Waals surface area contributed by atoms with Crippen LogP contribution in [-0.4, -0.2) is 94.1 Å². The van der Waals surface area contributed by atoms with E-state index in [2.05, 4.69) is 35.3 Å². The lowest BCUT2D eigenvalue weighted by Gasteiger charge is -2.42. The zero-order valence-electron chi connectivity index (χ0n) is 19.0. The fraction of sp³-hybridized carbons (Fsp3) is 0.542. The average Bonchev–Trinajstić information content (AvgIpc) is 2.82. The summed E-state index contributed by atoms with van der Waals surface area (Å²) in [7, 11) is 0. The van der Waals surface area contributed by atoms with Crippen molar-refractivity contribution in [3.63, 3.8) is 0 Å². The summed E-state index contributed by atoms with van der Waals surface area (Å²) < 4.78 is 5.46. The zero-order valence-corrected chi connectivity index (χ0v) is 19.0. The van der Waals surface area contributed by atoms with Crippen LogP contribution in [0.25, 0.3) is 0 Å². The molecule has 1 aromatic carbocycles. The summed E-state index contributed by atoms with van der Waals surface area (Å²) in [5, 5.41) is 43.3. The predicted octanol–water partition coefficient (Wildman–Crippen LogP) is 0.0979. The van der Waals surface area contributed by atoms with Gasteiger partial charge in [-0.2, -0.15) is 0 Å². The second-order valence-electron chi connectivity index (χ2n) is 8.86. The Labute approximate surface area is 194 Å². The van der Waals surface area contributed by atoms with E-state index in [0.29, 0.717) is 13.1 Å². The number of nitrogens with zero attached hydrogens (tertiary/aromatic N) is 3. The molecule has 180 valence electrons. The molecule has 9 heteroatoms. The van der Waals surface area contributed by atoms with Gasteiger partial charge in [0.25, 0.3) is 0 Å². The molecule has 0 saturated carbocycles. The molecular formula is C24H34N4O5. The van der Waals surface area contributed by atoms with Crippen LogP contribution in [0.1, 0.15) is 17.0 Å². The average molecular weight is 459 g/mol. The van der Waals surface area contributed by atoms with Crippen molar-refractivity contribution in [2.75, 3.05) is 49.7 Å². The van der Waals surface area contributed by atoms with E-state index in [1.165, 1.54) is 11.3 Å². The van der Waals surface area contributed by atoms with E-state index < -0.39 is 24.4 Å². The van der Waals surface area contributed by atoms with Gasteiger partial charge < -0.3 is 35.4 Å². The number of pyridine rings is 1. The summed E-state index contributed by atoms with van der Waals surface area (Å²) >= 11 is 0. The third-order valence-electron chi connectivity index (χ3n) is 6.36. The van der Waals surface area contributed by atoms with Crippen molar-refractivity contribution in [3.05, 3.63) is 53.3 Å². The van der Waals surface area contributed by atoms with Crippen LogP contribution in [-0.2, 0) is 17.8 Å². The molecule has 0 aliphatic carbocycles. The number of aliphatic hydroxyl groups excluding tert-OH is 4. The van der Waals surface area contributed by atoms with E-state index in [1.807, 2.05) is 18.2 Å². The molecule has 0 amide bonds. The number of aliphatic hydroxyl groups is 4. The van der Waals surface area contributed by atoms with Gasteiger partial charge in [-0.25, -0.2) is 0 Å². The number of aromatic nitrogens is 1. The minimum absolute atomic E-state index is 0.154. The Morgan fingerprint density at radius 1 is 1.06 bits per heavy atom. The summed E-state index contributed by atoms with van der Waals surface area (Å²) in [5.41, 5.74) is 5.02. The molecule has 2 fully saturated rings. The lowest BCUT2D eigenvalue weighted by atomic mass is 9.94. The van der Waals surface area contributed by atoms with Crippen molar-refractivity contribution in [2.45, 2.75) is 44.4 Å². The van der Waals surface area contributed by atoms with E-state index in [1.54, 1.807) is 4.90 Å². The maximum absolute atomic E-state index is 10.2. The summed E-state index contributed by atoms with van der Waals surface area (Å²) in [6, 6.07) is 11.5. The quantitative estimate of drug-likeness (QED) is 0.393. The Hall–Kier alpha value is -2.27. The highest BCUT2D eigenvalue weighted by Gasteiger charge is 2.41. The third-order valence-corrected chi connectivity index (χ3v) is 6.36. The standard InChI is InChI=1S/C24H34N4O5/c1-16-9-19(11-20(10-16)27-5-7-33-8-6-27)25-12-17-3-2-4-18(26-17)13-28-14-22(30)24(32)23(31)21(28)15-29/h2-4,9-11,21-25,29-32H,5-8,12-15H2,1H3/t21-,22+,23-,24-/m1/s1. The topological polar surface area (TPSA) is 122 Å². The molecular weight excluding hydrogens is 424 g/mol. The molecule has 4 rings (SSSR count). The highest BCUT2D eigenvalue weighted by Crippen LogP contribution is 2.24. The van der Waals surface area contributed by atoms with Gasteiger partial charge in [-0.05, 0) is 42.8 Å². The van der Waals surface area contributed by atoms with Crippen molar-refractivity contribution in [1.29, 1.82) is 0 Å². The van der Waals surface area contributed by atoms with Gasteiger partial charge >= 0.3 is 0 Å². The molecule has 2 saturated heterocycles. The molecule has 2 aromatic rings. The van der Waals surface area contributed by atoms with Crippen LogP contribution < -0.4 is 10.2 Å². The molecule has 0 spiro atoms. The first kappa shape index (κ1) is 23.9. The number of piperidine rings is 1. The number of anilines is 2. The van der Waals surface area contributed by atoms with E-state index >= 15 is 0 Å². The van der Waals surface area contributed by atoms with Crippen LogP contribution in [0.5, 0.6) is 0 Å². The fourth-order valence-corrected chi connectivity index (χ4v) is 4.55. The van der Waals surface area contributed by atoms with Crippen LogP contribution in [0.2, 0.25) is 0 Å². The maximum Gasteiger partial charge on any atom is 0.109 e. The van der Waals surface area contributed by atoms with Gasteiger partial charge in [0.2, 0.25) is 0 Å². The smallest absolute Gasteiger partial charge is 0.109 e. The first-order valence-electron chi connectivity index (χ1n) is 11.5. The summed E-state index contributed by atoms with van der Waals surface area (Å²) in [4.78, 5) is 8.81. The zero-order chi connectivity index (χ0) is 23.4. The molecule has 5 N–H and O–H groups in total. The molecule has 33 heavy (non-hydrogen) atoms. The van der Waals surface area contributed by atoms with Crippen molar-refractivity contribution < 1.29 is 25.2 Å². The molecule has 2 aliphatic rings. The number of hydrogen-bond acceptors (Lipinski definition) is 9. The minimum atomic E-state index is -1.27. The molecule has 9 nitrogen and oxygen atoms in total. The molecule has 4 atom stereocenters. The van der Waals surface area contributed by atoms with Gasteiger partial charge in [0.05, 0.1) is 49.9 Å². The monoisotopic (exact) mass is 458 g/mol. The van der Waals surface area contributed by atoms with E-state index in [4.69, 9.17) is 9.72 Å². The second kappa shape index (κ2) is 10.8. The predicted molar refractivity (Wildman–Crippen MR) is 125 cm³/mol. The van der Waals surface area contributed by atoms with Crippen molar-refractivity contribution in [2.24, 2.45) is 0 Å². The van der Waals surface area contributed by atoms with E-state index in [-0.39, 0.29) is 13.2 Å². The van der Waals surface area contributed by atoms with Crippen LogP contribution in [0.4, 0.5) is 11.4 Å². The Balaban J connectivity index is 1.41. The summed E-state index contributed by atoms with van der Waals surface area (Å²) in [5.74, 6) is 0. The number of rotatable bonds is 7. The first-order valence-corrected chi connectivity index (χ1v) is 11.5. The molecule has 2 aliphatic heterocycles. The van der Waals surface area contributed by atoms with Gasteiger partial charge in [0, 0.05) is 37.6 Å². The van der Waals surface area contributed by atoms with E-state index in [0.717, 1.165) is 43.4 Å². The number of β-amino-alcohol motifs (C(OH)–C–C–N with tert-alkyl or cyclic N) is 1. The Kier molecular flexibility index (Phi) is 7.79. The number of nitrogens with one attached hydrogen (secondary N) is 1. The van der Waals surface area contributed by atoms with Gasteiger partial charge in [-0.3, -0.25) is 9.88 Å². The van der Waals surface area contributed by atoms with E-state index in [9.17, 15) is 20.4 Å². The minimum Gasteiger partial charge on any atom is -0.395 e. The third kappa shape index (κ3) is 5.81. The molecule has 3 heterocycles. The molecule has 0 unspecified atom stereocenters. The normalized spacial score (nSPS) is 26.4. The van der Waals surface area contributed by atoms with Gasteiger partial charge in [-0.1, -0.05) is 6.07 Å². The molecule has 0 bridgehead atoms. The second-order valence-corrected chi connectivity index (χ2v) is 8.86. The lowest BCUT2D eigenvalue weighted by molar-refractivity contribution is -0.147. The first-order chi connectivity index (χ1) is 15.9. The fourth-order valence-electron chi connectivity index (χ4n) is 4.55. The number of likely N-dealkylation sites (tertiary alicyclic amines) is 1. The summed E-state index contributed by atoms with van der Waals surface area (Å²) in [6.07, 6.45) is -3.56. The Morgan fingerprint density at radius 2 is 1.82 bits per heavy atom. The highest BCUT2D eigenvalue weighted by atomic mass is 16.5. The molecule has 1 aromatic heterocycles. The SMILES string of the molecule is Cc1cc(NCc2cccc(CN3C[C@H](O)[C@@H](O)[C@H](O)[C@H]3CO)n2)cc(N2CCOCC2)c1. The largest absolute Gasteiger partial charge is 0.395 e. The van der Waals surface area contributed by atoms with Crippen LogP contribution in [0, 0.1) is 6.92 Å². The number of aryl methyl sites for hydroxylation is 1. The highest BCUT2D eigenvalue weighted by molar-refractivity contribution is 5.60. The van der Waals surface area contributed by atoms with Gasteiger partial charge in [0.1, 0.15) is 12.2 Å². The van der Waals surface area contributed by atoms with Crippen molar-refractivity contribution in [3.8, 4) is 0 Å². The Bertz CT molecular complexity index is 923. The Morgan fingerprint density at radius 3 is 2.58 bits per heavy atom. The van der Waals surface area contributed by atoms with Gasteiger partial charge in [-0.15, -0.1) is 0 Å². The number of benzene rings is 1. The number of morpholine rings is 1. The maximum atomic E-state index is 10.2. The van der Waals surface area contributed by atoms with Crippen LogP contribution in [0.3, 0.4) is 0 Å². The van der Waals surface area contributed by atoms with Crippen LogP contribution >= 0.6 is 0 Å². The van der Waals surface area contributed by atoms with Crippen molar-refractivity contribution in [1.82, 2.24) is 9.88 Å². The summed E-state index contributed by atoms with van der Waals surface area (Å²) in [6.45, 7) is 6.09. The van der Waals surface area contributed by atoms with Crippen molar-refractivity contribution >= 4 is 11.4 Å².